The third kappa shape index (κ3) is 3.40. The van der Waals surface area contributed by atoms with E-state index in [1.165, 1.54) is 12.8 Å². The lowest BCUT2D eigenvalue weighted by atomic mass is 10.2. The lowest BCUT2D eigenvalue weighted by Crippen LogP contribution is -2.39. The summed E-state index contributed by atoms with van der Waals surface area (Å²) in [5.41, 5.74) is 1.10. The number of hydrogen-bond acceptors (Lipinski definition) is 5. The van der Waals surface area contributed by atoms with Crippen LogP contribution in [0.5, 0.6) is 0 Å². The summed E-state index contributed by atoms with van der Waals surface area (Å²) < 4.78 is 5.03. The average molecular weight is 250 g/mol. The van der Waals surface area contributed by atoms with Crippen LogP contribution in [0.15, 0.2) is 12.4 Å². The first-order chi connectivity index (χ1) is 8.81. The number of hydrogen-bond donors (Lipinski definition) is 1. The molecule has 0 bridgehead atoms. The average Bonchev–Trinajstić information content (AvgIpc) is 2.84. The topological polar surface area (TPSA) is 50.3 Å². The summed E-state index contributed by atoms with van der Waals surface area (Å²) in [6.45, 7) is 5.70. The van der Waals surface area contributed by atoms with E-state index in [0.717, 1.165) is 37.8 Å². The van der Waals surface area contributed by atoms with Crippen LogP contribution < -0.4 is 10.2 Å². The van der Waals surface area contributed by atoms with Crippen LogP contribution in [0, 0.1) is 6.92 Å². The van der Waals surface area contributed by atoms with Gasteiger partial charge in [0.05, 0.1) is 6.61 Å². The second-order valence-corrected chi connectivity index (χ2v) is 4.75. The van der Waals surface area contributed by atoms with Gasteiger partial charge in [-0.05, 0) is 25.3 Å². The van der Waals surface area contributed by atoms with Gasteiger partial charge in [-0.1, -0.05) is 0 Å². The smallest absolute Gasteiger partial charge is 0.225 e. The summed E-state index contributed by atoms with van der Waals surface area (Å²) in [6.07, 6.45) is 6.19. The van der Waals surface area contributed by atoms with E-state index in [9.17, 15) is 0 Å². The second kappa shape index (κ2) is 6.66. The van der Waals surface area contributed by atoms with E-state index in [0.29, 0.717) is 6.04 Å². The van der Waals surface area contributed by atoms with Gasteiger partial charge in [-0.3, -0.25) is 0 Å². The highest BCUT2D eigenvalue weighted by atomic mass is 16.5. The Kier molecular flexibility index (Phi) is 4.90. The molecule has 1 atom stereocenters. The van der Waals surface area contributed by atoms with E-state index in [4.69, 9.17) is 4.74 Å². The van der Waals surface area contributed by atoms with Gasteiger partial charge in [0.2, 0.25) is 5.95 Å². The molecule has 0 aliphatic carbocycles. The van der Waals surface area contributed by atoms with Gasteiger partial charge >= 0.3 is 0 Å². The zero-order chi connectivity index (χ0) is 12.8. The molecule has 1 aromatic rings. The van der Waals surface area contributed by atoms with Crippen LogP contribution in [0.2, 0.25) is 0 Å². The predicted molar refractivity (Wildman–Crippen MR) is 71.9 cm³/mol. The molecule has 1 aromatic heterocycles. The van der Waals surface area contributed by atoms with E-state index in [1.807, 2.05) is 19.3 Å². The van der Waals surface area contributed by atoms with Crippen molar-refractivity contribution in [2.24, 2.45) is 0 Å². The molecule has 1 N–H and O–H groups in total. The quantitative estimate of drug-likeness (QED) is 0.763. The van der Waals surface area contributed by atoms with Crippen LogP contribution in [0.3, 0.4) is 0 Å². The fourth-order valence-electron chi connectivity index (χ4n) is 2.29. The molecule has 0 spiro atoms. The molecule has 1 aliphatic heterocycles. The number of aromatic nitrogens is 2. The van der Waals surface area contributed by atoms with E-state index in [2.05, 4.69) is 20.2 Å². The molecular formula is C13H22N4O. The van der Waals surface area contributed by atoms with Crippen molar-refractivity contribution in [1.29, 1.82) is 0 Å². The number of nitrogens with zero attached hydrogens (tertiary/aromatic N) is 3. The SMILES string of the molecule is COCCNCC1CCCN1c1ncc(C)cn1. The minimum atomic E-state index is 0.504. The van der Waals surface area contributed by atoms with Gasteiger partial charge in [-0.25, -0.2) is 9.97 Å². The Bertz CT molecular complexity index is 355. The van der Waals surface area contributed by atoms with Crippen LogP contribution in [0.25, 0.3) is 0 Å². The molecule has 2 rings (SSSR count). The largest absolute Gasteiger partial charge is 0.383 e. The van der Waals surface area contributed by atoms with Crippen molar-refractivity contribution in [3.05, 3.63) is 18.0 Å². The minimum absolute atomic E-state index is 0.504. The Morgan fingerprint density at radius 1 is 1.44 bits per heavy atom. The molecule has 0 amide bonds. The number of aryl methyl sites for hydroxylation is 1. The third-order valence-electron chi connectivity index (χ3n) is 3.26. The van der Waals surface area contributed by atoms with Crippen molar-refractivity contribution < 1.29 is 4.74 Å². The fourth-order valence-corrected chi connectivity index (χ4v) is 2.29. The van der Waals surface area contributed by atoms with Gasteiger partial charge in [-0.15, -0.1) is 0 Å². The summed E-state index contributed by atoms with van der Waals surface area (Å²) in [4.78, 5) is 11.1. The van der Waals surface area contributed by atoms with E-state index >= 15 is 0 Å². The fraction of sp³-hybridized carbons (Fsp3) is 0.692. The number of methoxy groups -OCH3 is 1. The van der Waals surface area contributed by atoms with Crippen LogP contribution in [0.4, 0.5) is 5.95 Å². The van der Waals surface area contributed by atoms with Crippen molar-refractivity contribution in [2.45, 2.75) is 25.8 Å². The summed E-state index contributed by atoms with van der Waals surface area (Å²) in [7, 11) is 1.73. The van der Waals surface area contributed by atoms with Crippen molar-refractivity contribution in [3.63, 3.8) is 0 Å². The summed E-state index contributed by atoms with van der Waals surface area (Å²) in [5.74, 6) is 0.858. The lowest BCUT2D eigenvalue weighted by molar-refractivity contribution is 0.199. The highest BCUT2D eigenvalue weighted by Crippen LogP contribution is 2.21. The van der Waals surface area contributed by atoms with Crippen LogP contribution >= 0.6 is 0 Å². The van der Waals surface area contributed by atoms with Gasteiger partial charge in [-0.2, -0.15) is 0 Å². The first-order valence-electron chi connectivity index (χ1n) is 6.56. The van der Waals surface area contributed by atoms with E-state index < -0.39 is 0 Å². The Balaban J connectivity index is 1.88. The standard InChI is InChI=1S/C13H22N4O/c1-11-8-15-13(16-9-11)17-6-3-4-12(17)10-14-5-7-18-2/h8-9,12,14H,3-7,10H2,1-2H3. The number of nitrogens with one attached hydrogen (secondary N) is 1. The monoisotopic (exact) mass is 250 g/mol. The van der Waals surface area contributed by atoms with Crippen LogP contribution in [-0.4, -0.2) is 49.4 Å². The summed E-state index contributed by atoms with van der Waals surface area (Å²) in [5, 5.41) is 3.42. The van der Waals surface area contributed by atoms with Crippen molar-refractivity contribution >= 4 is 5.95 Å². The molecule has 100 valence electrons. The molecule has 2 heterocycles. The maximum atomic E-state index is 5.03. The zero-order valence-electron chi connectivity index (χ0n) is 11.2. The summed E-state index contributed by atoms with van der Waals surface area (Å²) in [6, 6.07) is 0.504. The van der Waals surface area contributed by atoms with Gasteiger partial charge in [0, 0.05) is 45.2 Å². The maximum Gasteiger partial charge on any atom is 0.225 e. The van der Waals surface area contributed by atoms with E-state index in [1.54, 1.807) is 7.11 Å². The molecule has 1 unspecified atom stereocenters. The molecule has 0 aromatic carbocycles. The molecule has 0 radical (unpaired) electrons. The van der Waals surface area contributed by atoms with Crippen LogP contribution in [0.1, 0.15) is 18.4 Å². The van der Waals surface area contributed by atoms with Crippen LogP contribution in [-0.2, 0) is 4.74 Å². The highest BCUT2D eigenvalue weighted by molar-refractivity contribution is 5.33. The molecular weight excluding hydrogens is 228 g/mol. The molecule has 1 fully saturated rings. The molecule has 5 nitrogen and oxygen atoms in total. The normalized spacial score (nSPS) is 19.4. The first kappa shape index (κ1) is 13.2. The Morgan fingerprint density at radius 3 is 2.94 bits per heavy atom. The highest BCUT2D eigenvalue weighted by Gasteiger charge is 2.25. The Morgan fingerprint density at radius 2 is 2.22 bits per heavy atom. The Hall–Kier alpha value is -1.20. The van der Waals surface area contributed by atoms with Crippen molar-refractivity contribution in [1.82, 2.24) is 15.3 Å². The van der Waals surface area contributed by atoms with Crippen molar-refractivity contribution in [2.75, 3.05) is 38.3 Å². The molecule has 0 saturated carbocycles. The third-order valence-corrected chi connectivity index (χ3v) is 3.26. The number of rotatable bonds is 6. The van der Waals surface area contributed by atoms with Gasteiger partial charge in [0.1, 0.15) is 0 Å². The number of ether oxygens (including phenoxy) is 1. The number of anilines is 1. The molecule has 18 heavy (non-hydrogen) atoms. The first-order valence-corrected chi connectivity index (χ1v) is 6.56. The zero-order valence-corrected chi connectivity index (χ0v) is 11.2. The van der Waals surface area contributed by atoms with E-state index in [-0.39, 0.29) is 0 Å². The predicted octanol–water partition coefficient (Wildman–Crippen LogP) is 0.990. The van der Waals surface area contributed by atoms with Gasteiger partial charge in [0.15, 0.2) is 0 Å². The van der Waals surface area contributed by atoms with Crippen molar-refractivity contribution in [3.8, 4) is 0 Å². The lowest BCUT2D eigenvalue weighted by Gasteiger charge is -2.24. The minimum Gasteiger partial charge on any atom is -0.383 e. The molecule has 5 heteroatoms. The molecule has 1 aliphatic rings. The Labute approximate surface area is 109 Å². The maximum absolute atomic E-state index is 5.03. The summed E-state index contributed by atoms with van der Waals surface area (Å²) >= 11 is 0. The molecule has 1 saturated heterocycles. The van der Waals surface area contributed by atoms with Gasteiger partial charge in [0.25, 0.3) is 0 Å². The van der Waals surface area contributed by atoms with Gasteiger partial charge < -0.3 is 15.0 Å². The second-order valence-electron chi connectivity index (χ2n) is 4.75.